The molecule has 98 valence electrons. The van der Waals surface area contributed by atoms with Crippen LogP contribution in [0.1, 0.15) is 40.5 Å². The van der Waals surface area contributed by atoms with Crippen molar-refractivity contribution in [3.63, 3.8) is 0 Å². The lowest BCUT2D eigenvalue weighted by atomic mass is 9.92. The van der Waals surface area contributed by atoms with Gasteiger partial charge in [0.2, 0.25) is 0 Å². The average Bonchev–Trinajstić information content (AvgIpc) is 2.24. The summed E-state index contributed by atoms with van der Waals surface area (Å²) in [4.78, 5) is 23.4. The van der Waals surface area contributed by atoms with Crippen LogP contribution >= 0.6 is 15.9 Å². The summed E-state index contributed by atoms with van der Waals surface area (Å²) in [5.74, 6) is -0.751. The van der Waals surface area contributed by atoms with Gasteiger partial charge in [-0.3, -0.25) is 4.79 Å². The van der Waals surface area contributed by atoms with Crippen molar-refractivity contribution in [1.29, 1.82) is 0 Å². The maximum Gasteiger partial charge on any atom is 0.341 e. The molecule has 0 unspecified atom stereocenters. The van der Waals surface area contributed by atoms with Gasteiger partial charge in [-0.1, -0.05) is 56.1 Å². The summed E-state index contributed by atoms with van der Waals surface area (Å²) in [5, 5.41) is 0.137. The van der Waals surface area contributed by atoms with E-state index in [0.717, 1.165) is 12.8 Å². The SMILES string of the molecule is CCCCOC(=O)C(=CC(C)(C)C)C(=O)CBr. The molecule has 0 N–H and O–H groups in total. The first-order valence-corrected chi connectivity index (χ1v) is 6.93. The molecule has 0 aromatic rings. The van der Waals surface area contributed by atoms with Crippen LogP contribution in [0.4, 0.5) is 0 Å². The molecule has 0 amide bonds. The predicted molar refractivity (Wildman–Crippen MR) is 72.2 cm³/mol. The second-order valence-corrected chi connectivity index (χ2v) is 5.53. The van der Waals surface area contributed by atoms with E-state index in [2.05, 4.69) is 15.9 Å². The molecule has 0 aliphatic carbocycles. The Kier molecular flexibility index (Phi) is 7.35. The Morgan fingerprint density at radius 1 is 1.29 bits per heavy atom. The number of hydrogen-bond donors (Lipinski definition) is 0. The van der Waals surface area contributed by atoms with Crippen molar-refractivity contribution in [2.24, 2.45) is 5.41 Å². The zero-order valence-electron chi connectivity index (χ0n) is 11.0. The standard InChI is InChI=1S/C13H21BrO3/c1-5-6-7-17-12(16)10(11(15)9-14)8-13(2,3)4/h8H,5-7,9H2,1-4H3. The number of unbranched alkanes of at least 4 members (excludes halogenated alkanes) is 1. The number of rotatable bonds is 6. The molecular formula is C13H21BrO3. The van der Waals surface area contributed by atoms with E-state index in [4.69, 9.17) is 4.74 Å². The molecular weight excluding hydrogens is 284 g/mol. The maximum atomic E-state index is 11.8. The van der Waals surface area contributed by atoms with Gasteiger partial charge in [0.15, 0.2) is 5.78 Å². The first-order valence-electron chi connectivity index (χ1n) is 5.81. The second kappa shape index (κ2) is 7.64. The van der Waals surface area contributed by atoms with Gasteiger partial charge < -0.3 is 4.74 Å². The van der Waals surface area contributed by atoms with E-state index in [1.165, 1.54) is 0 Å². The van der Waals surface area contributed by atoms with Gasteiger partial charge in [0, 0.05) is 0 Å². The van der Waals surface area contributed by atoms with E-state index < -0.39 is 5.97 Å². The normalized spacial score (nSPS) is 12.4. The van der Waals surface area contributed by atoms with Crippen LogP contribution in [0.2, 0.25) is 0 Å². The summed E-state index contributed by atoms with van der Waals surface area (Å²) in [6, 6.07) is 0. The Balaban J connectivity index is 4.76. The number of carbonyl (C=O) groups excluding carboxylic acids is 2. The highest BCUT2D eigenvalue weighted by atomic mass is 79.9. The molecule has 0 aliphatic heterocycles. The molecule has 17 heavy (non-hydrogen) atoms. The van der Waals surface area contributed by atoms with Crippen molar-refractivity contribution in [1.82, 2.24) is 0 Å². The highest BCUT2D eigenvalue weighted by Gasteiger charge is 2.21. The molecule has 0 atom stereocenters. The predicted octanol–water partition coefficient (Wildman–Crippen LogP) is 3.27. The Hall–Kier alpha value is -0.640. The minimum atomic E-state index is -0.516. The van der Waals surface area contributed by atoms with E-state index >= 15 is 0 Å². The molecule has 3 nitrogen and oxygen atoms in total. The number of carbonyl (C=O) groups is 2. The van der Waals surface area contributed by atoms with E-state index in [9.17, 15) is 9.59 Å². The number of ether oxygens (including phenoxy) is 1. The van der Waals surface area contributed by atoms with Crippen LogP contribution in [0.15, 0.2) is 11.6 Å². The molecule has 0 saturated carbocycles. The monoisotopic (exact) mass is 304 g/mol. The first-order chi connectivity index (χ1) is 7.81. The summed E-state index contributed by atoms with van der Waals surface area (Å²) in [6.45, 7) is 8.20. The molecule has 0 saturated heterocycles. The van der Waals surface area contributed by atoms with E-state index in [0.29, 0.717) is 6.61 Å². The van der Waals surface area contributed by atoms with E-state index in [-0.39, 0.29) is 22.1 Å². The van der Waals surface area contributed by atoms with Gasteiger partial charge in [-0.25, -0.2) is 4.79 Å². The minimum absolute atomic E-state index is 0.137. The van der Waals surface area contributed by atoms with Crippen LogP contribution in [0.5, 0.6) is 0 Å². The number of allylic oxidation sites excluding steroid dienone is 1. The maximum absolute atomic E-state index is 11.8. The molecule has 0 aliphatic rings. The fourth-order valence-corrected chi connectivity index (χ4v) is 1.45. The third-order valence-electron chi connectivity index (χ3n) is 1.95. The zero-order chi connectivity index (χ0) is 13.5. The number of ketones is 1. The molecule has 0 rings (SSSR count). The van der Waals surface area contributed by atoms with Crippen molar-refractivity contribution < 1.29 is 14.3 Å². The highest BCUT2D eigenvalue weighted by Crippen LogP contribution is 2.19. The summed E-state index contributed by atoms with van der Waals surface area (Å²) in [5.41, 5.74) is -0.0813. The van der Waals surface area contributed by atoms with Crippen LogP contribution in [0, 0.1) is 5.41 Å². The molecule has 0 aromatic carbocycles. The fraction of sp³-hybridized carbons (Fsp3) is 0.692. The average molecular weight is 305 g/mol. The van der Waals surface area contributed by atoms with Crippen molar-refractivity contribution >= 4 is 27.7 Å². The smallest absolute Gasteiger partial charge is 0.341 e. The molecule has 0 bridgehead atoms. The molecule has 0 radical (unpaired) electrons. The van der Waals surface area contributed by atoms with Crippen LogP contribution in [-0.2, 0) is 14.3 Å². The Morgan fingerprint density at radius 3 is 2.29 bits per heavy atom. The summed E-state index contributed by atoms with van der Waals surface area (Å²) >= 11 is 3.07. The summed E-state index contributed by atoms with van der Waals surface area (Å²) in [7, 11) is 0. The van der Waals surface area contributed by atoms with Gasteiger partial charge in [-0.2, -0.15) is 0 Å². The summed E-state index contributed by atoms with van der Waals surface area (Å²) in [6.07, 6.45) is 3.44. The number of esters is 1. The van der Waals surface area contributed by atoms with Crippen LogP contribution in [0.25, 0.3) is 0 Å². The van der Waals surface area contributed by atoms with E-state index in [1.807, 2.05) is 27.7 Å². The lowest BCUT2D eigenvalue weighted by molar-refractivity contribution is -0.140. The first kappa shape index (κ1) is 16.4. The number of hydrogen-bond acceptors (Lipinski definition) is 3. The minimum Gasteiger partial charge on any atom is -0.462 e. The van der Waals surface area contributed by atoms with Gasteiger partial charge in [-0.15, -0.1) is 0 Å². The van der Waals surface area contributed by atoms with Gasteiger partial charge in [0.25, 0.3) is 0 Å². The largest absolute Gasteiger partial charge is 0.462 e. The second-order valence-electron chi connectivity index (χ2n) is 4.97. The van der Waals surface area contributed by atoms with Crippen molar-refractivity contribution in [2.75, 3.05) is 11.9 Å². The van der Waals surface area contributed by atoms with Crippen LogP contribution < -0.4 is 0 Å². The molecule has 0 aromatic heterocycles. The Morgan fingerprint density at radius 2 is 1.88 bits per heavy atom. The number of Topliss-reactive ketones (excluding diaryl/α,β-unsaturated/α-hetero) is 1. The third kappa shape index (κ3) is 7.31. The van der Waals surface area contributed by atoms with Gasteiger partial charge in [0.1, 0.15) is 5.57 Å². The fourth-order valence-electron chi connectivity index (χ4n) is 1.15. The van der Waals surface area contributed by atoms with Crippen LogP contribution in [0.3, 0.4) is 0 Å². The van der Waals surface area contributed by atoms with Gasteiger partial charge in [0.05, 0.1) is 11.9 Å². The van der Waals surface area contributed by atoms with Crippen molar-refractivity contribution in [3.05, 3.63) is 11.6 Å². The zero-order valence-corrected chi connectivity index (χ0v) is 12.6. The Bertz CT molecular complexity index is 300. The third-order valence-corrected chi connectivity index (χ3v) is 2.46. The van der Waals surface area contributed by atoms with E-state index in [1.54, 1.807) is 6.08 Å². The molecule has 0 fully saturated rings. The topological polar surface area (TPSA) is 43.4 Å². The molecule has 0 heterocycles. The highest BCUT2D eigenvalue weighted by molar-refractivity contribution is 9.09. The lowest BCUT2D eigenvalue weighted by Gasteiger charge is -2.14. The lowest BCUT2D eigenvalue weighted by Crippen LogP contribution is -2.20. The number of alkyl halides is 1. The van der Waals surface area contributed by atoms with Crippen molar-refractivity contribution in [2.45, 2.75) is 40.5 Å². The van der Waals surface area contributed by atoms with Crippen molar-refractivity contribution in [3.8, 4) is 0 Å². The number of halogens is 1. The summed E-state index contributed by atoms with van der Waals surface area (Å²) < 4.78 is 5.06. The molecule has 0 spiro atoms. The molecule has 4 heteroatoms. The van der Waals surface area contributed by atoms with Gasteiger partial charge in [-0.05, 0) is 11.8 Å². The van der Waals surface area contributed by atoms with Gasteiger partial charge >= 0.3 is 5.97 Å². The quantitative estimate of drug-likeness (QED) is 0.189. The van der Waals surface area contributed by atoms with Crippen LogP contribution in [-0.4, -0.2) is 23.7 Å². The Labute approximate surface area is 112 Å².